The van der Waals surface area contributed by atoms with E-state index in [1.807, 2.05) is 0 Å². The lowest BCUT2D eigenvalue weighted by molar-refractivity contribution is 0.345. The second-order valence-electron chi connectivity index (χ2n) is 6.08. The molecule has 0 bridgehead atoms. The molecule has 0 saturated carbocycles. The molecule has 0 aromatic carbocycles. The minimum absolute atomic E-state index is 0.652. The van der Waals surface area contributed by atoms with E-state index in [4.69, 9.17) is 0 Å². The summed E-state index contributed by atoms with van der Waals surface area (Å²) in [7, 11) is 0. The van der Waals surface area contributed by atoms with Crippen LogP contribution < -0.4 is 5.32 Å². The molecule has 1 heteroatoms. The van der Waals surface area contributed by atoms with Crippen molar-refractivity contribution in [2.24, 2.45) is 5.92 Å². The summed E-state index contributed by atoms with van der Waals surface area (Å²) in [5, 5.41) is 3.79. The van der Waals surface area contributed by atoms with E-state index in [0.717, 1.165) is 12.5 Å². The first-order valence-electron chi connectivity index (χ1n) is 8.75. The van der Waals surface area contributed by atoms with E-state index in [-0.39, 0.29) is 0 Å². The Kier molecular flexibility index (Phi) is 9.24. The summed E-state index contributed by atoms with van der Waals surface area (Å²) < 4.78 is 0. The number of allylic oxidation sites excluding steroid dienone is 1. The third-order valence-corrected chi connectivity index (χ3v) is 4.57. The molecule has 0 aromatic rings. The molecule has 2 unspecified atom stereocenters. The maximum absolute atomic E-state index is 3.79. The van der Waals surface area contributed by atoms with Crippen LogP contribution in [-0.2, 0) is 0 Å². The Morgan fingerprint density at radius 2 is 1.89 bits per heavy atom. The van der Waals surface area contributed by atoms with E-state index in [1.54, 1.807) is 5.57 Å². The Morgan fingerprint density at radius 1 is 1.11 bits per heavy atom. The van der Waals surface area contributed by atoms with E-state index < -0.39 is 0 Å². The average Bonchev–Trinajstić information content (AvgIpc) is 2.38. The maximum Gasteiger partial charge on any atom is 0.0307 e. The Labute approximate surface area is 121 Å². The monoisotopic (exact) mass is 265 g/mol. The van der Waals surface area contributed by atoms with E-state index in [0.29, 0.717) is 6.04 Å². The van der Waals surface area contributed by atoms with Gasteiger partial charge in [0.15, 0.2) is 0 Å². The standard InChI is InChI=1S/C18H35N/c1-4-7-13-16(5-2)18(19-6-3)17-14-11-9-8-10-12-15-17/h14,16,18-19H,4-13,15H2,1-3H3. The van der Waals surface area contributed by atoms with Gasteiger partial charge in [-0.15, -0.1) is 0 Å². The van der Waals surface area contributed by atoms with Gasteiger partial charge in [0, 0.05) is 6.04 Å². The third kappa shape index (κ3) is 6.12. The van der Waals surface area contributed by atoms with Gasteiger partial charge in [-0.25, -0.2) is 0 Å². The highest BCUT2D eigenvalue weighted by atomic mass is 14.9. The molecular formula is C18H35N. The van der Waals surface area contributed by atoms with Crippen molar-refractivity contribution in [3.63, 3.8) is 0 Å². The van der Waals surface area contributed by atoms with Crippen LogP contribution in [0.4, 0.5) is 0 Å². The van der Waals surface area contributed by atoms with Crippen molar-refractivity contribution in [1.29, 1.82) is 0 Å². The first-order valence-corrected chi connectivity index (χ1v) is 8.75. The quantitative estimate of drug-likeness (QED) is 0.574. The van der Waals surface area contributed by atoms with Gasteiger partial charge >= 0.3 is 0 Å². The second-order valence-corrected chi connectivity index (χ2v) is 6.08. The highest BCUT2D eigenvalue weighted by Gasteiger charge is 2.22. The molecule has 0 amide bonds. The largest absolute Gasteiger partial charge is 0.310 e. The van der Waals surface area contributed by atoms with Crippen molar-refractivity contribution >= 4 is 0 Å². The maximum atomic E-state index is 3.79. The minimum Gasteiger partial charge on any atom is -0.310 e. The second kappa shape index (κ2) is 10.5. The average molecular weight is 265 g/mol. The molecule has 1 rings (SSSR count). The lowest BCUT2D eigenvalue weighted by Gasteiger charge is -2.30. The zero-order valence-electron chi connectivity index (χ0n) is 13.5. The molecule has 0 aliphatic heterocycles. The molecule has 2 atom stereocenters. The van der Waals surface area contributed by atoms with Gasteiger partial charge in [0.1, 0.15) is 0 Å². The van der Waals surface area contributed by atoms with Crippen LogP contribution in [0, 0.1) is 5.92 Å². The molecule has 0 fully saturated rings. The topological polar surface area (TPSA) is 12.0 Å². The Morgan fingerprint density at radius 3 is 2.58 bits per heavy atom. The summed E-state index contributed by atoms with van der Waals surface area (Å²) >= 11 is 0. The fourth-order valence-corrected chi connectivity index (χ4v) is 3.39. The highest BCUT2D eigenvalue weighted by Crippen LogP contribution is 2.27. The van der Waals surface area contributed by atoms with Gasteiger partial charge in [0.25, 0.3) is 0 Å². The zero-order chi connectivity index (χ0) is 13.9. The summed E-state index contributed by atoms with van der Waals surface area (Å²) in [6, 6.07) is 0.652. The number of likely N-dealkylation sites (N-methyl/N-ethyl adjacent to an activating group) is 1. The first-order chi connectivity index (χ1) is 9.33. The van der Waals surface area contributed by atoms with Gasteiger partial charge in [-0.1, -0.05) is 64.5 Å². The van der Waals surface area contributed by atoms with Crippen molar-refractivity contribution in [2.75, 3.05) is 6.54 Å². The SMILES string of the molecule is CCCCC(CC)C(NCC)C1=CCCCCCC1. The van der Waals surface area contributed by atoms with Crippen molar-refractivity contribution in [3.8, 4) is 0 Å². The van der Waals surface area contributed by atoms with Crippen molar-refractivity contribution in [3.05, 3.63) is 11.6 Å². The number of hydrogen-bond acceptors (Lipinski definition) is 1. The molecule has 1 nitrogen and oxygen atoms in total. The Hall–Kier alpha value is -0.300. The molecule has 0 heterocycles. The van der Waals surface area contributed by atoms with Crippen molar-refractivity contribution in [2.45, 2.75) is 91.0 Å². The summed E-state index contributed by atoms with van der Waals surface area (Å²) in [6.45, 7) is 8.03. The summed E-state index contributed by atoms with van der Waals surface area (Å²) in [5.41, 5.74) is 1.73. The lowest BCUT2D eigenvalue weighted by Crippen LogP contribution is -2.38. The van der Waals surface area contributed by atoms with Crippen LogP contribution in [0.5, 0.6) is 0 Å². The predicted octanol–water partition coefficient (Wildman–Crippen LogP) is 5.46. The lowest BCUT2D eigenvalue weighted by atomic mass is 9.83. The number of hydrogen-bond donors (Lipinski definition) is 1. The number of nitrogens with one attached hydrogen (secondary N) is 1. The third-order valence-electron chi connectivity index (χ3n) is 4.57. The van der Waals surface area contributed by atoms with Crippen LogP contribution in [-0.4, -0.2) is 12.6 Å². The molecule has 0 saturated heterocycles. The Bertz CT molecular complexity index is 244. The zero-order valence-corrected chi connectivity index (χ0v) is 13.5. The highest BCUT2D eigenvalue weighted by molar-refractivity contribution is 5.13. The molecular weight excluding hydrogens is 230 g/mol. The molecule has 1 N–H and O–H groups in total. The number of rotatable bonds is 8. The molecule has 0 radical (unpaired) electrons. The van der Waals surface area contributed by atoms with E-state index in [1.165, 1.54) is 64.2 Å². The van der Waals surface area contributed by atoms with Gasteiger partial charge in [-0.2, -0.15) is 0 Å². The van der Waals surface area contributed by atoms with Gasteiger partial charge in [-0.05, 0) is 44.6 Å². The molecule has 1 aliphatic carbocycles. The smallest absolute Gasteiger partial charge is 0.0307 e. The minimum atomic E-state index is 0.652. The van der Waals surface area contributed by atoms with Crippen LogP contribution in [0.2, 0.25) is 0 Å². The van der Waals surface area contributed by atoms with Crippen LogP contribution >= 0.6 is 0 Å². The molecule has 19 heavy (non-hydrogen) atoms. The normalized spacial score (nSPS) is 20.3. The van der Waals surface area contributed by atoms with Gasteiger partial charge in [0.2, 0.25) is 0 Å². The van der Waals surface area contributed by atoms with E-state index >= 15 is 0 Å². The fraction of sp³-hybridized carbons (Fsp3) is 0.889. The van der Waals surface area contributed by atoms with Crippen LogP contribution in [0.3, 0.4) is 0 Å². The van der Waals surface area contributed by atoms with Gasteiger partial charge < -0.3 is 5.32 Å². The van der Waals surface area contributed by atoms with Gasteiger partial charge in [0.05, 0.1) is 0 Å². The van der Waals surface area contributed by atoms with Crippen LogP contribution in [0.1, 0.15) is 85.0 Å². The van der Waals surface area contributed by atoms with Gasteiger partial charge in [-0.3, -0.25) is 0 Å². The summed E-state index contributed by atoms with van der Waals surface area (Å²) in [6.07, 6.45) is 16.3. The van der Waals surface area contributed by atoms with Crippen molar-refractivity contribution in [1.82, 2.24) is 5.32 Å². The number of unbranched alkanes of at least 4 members (excludes halogenated alkanes) is 1. The first kappa shape index (κ1) is 16.8. The van der Waals surface area contributed by atoms with Crippen LogP contribution in [0.15, 0.2) is 11.6 Å². The predicted molar refractivity (Wildman–Crippen MR) is 86.6 cm³/mol. The van der Waals surface area contributed by atoms with Crippen molar-refractivity contribution < 1.29 is 0 Å². The van der Waals surface area contributed by atoms with Crippen LogP contribution in [0.25, 0.3) is 0 Å². The molecule has 1 aliphatic rings. The molecule has 0 aromatic heterocycles. The molecule has 0 spiro atoms. The summed E-state index contributed by atoms with van der Waals surface area (Å²) in [4.78, 5) is 0. The Balaban J connectivity index is 2.70. The van der Waals surface area contributed by atoms with E-state index in [9.17, 15) is 0 Å². The fourth-order valence-electron chi connectivity index (χ4n) is 3.39. The summed E-state index contributed by atoms with van der Waals surface area (Å²) in [5.74, 6) is 0.838. The van der Waals surface area contributed by atoms with E-state index in [2.05, 4.69) is 32.2 Å². The molecule has 112 valence electrons.